The zero-order valence-electron chi connectivity index (χ0n) is 16.3. The average Bonchev–Trinajstić information content (AvgIpc) is 3.15. The summed E-state index contributed by atoms with van der Waals surface area (Å²) in [5.74, 6) is 1.31. The Balaban J connectivity index is 1.85. The molecule has 28 heavy (non-hydrogen) atoms. The van der Waals surface area contributed by atoms with E-state index in [0.717, 1.165) is 12.2 Å². The largest absolute Gasteiger partial charge is 0.496 e. The molecule has 9 heteroatoms. The summed E-state index contributed by atoms with van der Waals surface area (Å²) in [6.07, 6.45) is 3.38. The monoisotopic (exact) mass is 381 g/mol. The maximum Gasteiger partial charge on any atom is 0.259 e. The van der Waals surface area contributed by atoms with Crippen LogP contribution in [0.15, 0.2) is 36.7 Å². The molecule has 2 aromatic heterocycles. The molecule has 3 N–H and O–H groups in total. The zero-order chi connectivity index (χ0) is 20.1. The van der Waals surface area contributed by atoms with E-state index >= 15 is 0 Å². The molecule has 1 amide bonds. The number of benzene rings is 1. The standard InChI is InChI=1S/C19H23N7O2/c1-5-26-11-14(10-21-26)23-18(27)15-9-13(6-7-16(15)28-4)24-19-22-12(2)8-17(20-3)25-19/h6-11H,5H2,1-4H3,(H,23,27)(H2,20,22,24,25). The first-order valence-electron chi connectivity index (χ1n) is 8.84. The molecule has 0 unspecified atom stereocenters. The van der Waals surface area contributed by atoms with E-state index in [1.165, 1.54) is 7.11 Å². The van der Waals surface area contributed by atoms with Crippen molar-refractivity contribution in [2.45, 2.75) is 20.4 Å². The molecule has 2 heterocycles. The van der Waals surface area contributed by atoms with Crippen molar-refractivity contribution in [3.63, 3.8) is 0 Å². The normalized spacial score (nSPS) is 10.4. The van der Waals surface area contributed by atoms with Crippen LogP contribution in [0.2, 0.25) is 0 Å². The van der Waals surface area contributed by atoms with Crippen LogP contribution in [0.5, 0.6) is 5.75 Å². The second-order valence-corrected chi connectivity index (χ2v) is 6.05. The van der Waals surface area contributed by atoms with E-state index in [4.69, 9.17) is 4.74 Å². The molecule has 0 spiro atoms. The van der Waals surface area contributed by atoms with Crippen LogP contribution in [-0.4, -0.2) is 39.8 Å². The van der Waals surface area contributed by atoms with E-state index in [0.29, 0.717) is 34.5 Å². The lowest BCUT2D eigenvalue weighted by molar-refractivity contribution is 0.102. The number of anilines is 4. The van der Waals surface area contributed by atoms with Crippen LogP contribution in [0.4, 0.5) is 23.1 Å². The van der Waals surface area contributed by atoms with Crippen LogP contribution in [0.3, 0.4) is 0 Å². The van der Waals surface area contributed by atoms with E-state index < -0.39 is 0 Å². The molecule has 1 aromatic carbocycles. The van der Waals surface area contributed by atoms with Crippen molar-refractivity contribution >= 4 is 29.0 Å². The molecule has 146 valence electrons. The SMILES string of the molecule is CCn1cc(NC(=O)c2cc(Nc3nc(C)cc(NC)n3)ccc2OC)cn1. The van der Waals surface area contributed by atoms with Gasteiger partial charge in [0.15, 0.2) is 0 Å². The van der Waals surface area contributed by atoms with Crippen molar-refractivity contribution in [1.82, 2.24) is 19.7 Å². The Labute approximate surface area is 163 Å². The number of rotatable bonds is 7. The maximum absolute atomic E-state index is 12.8. The van der Waals surface area contributed by atoms with Gasteiger partial charge in [0.2, 0.25) is 5.95 Å². The molecule has 0 fully saturated rings. The quantitative estimate of drug-likeness (QED) is 0.577. The first kappa shape index (κ1) is 19.2. The maximum atomic E-state index is 12.8. The van der Waals surface area contributed by atoms with Gasteiger partial charge in [0, 0.05) is 37.2 Å². The predicted molar refractivity (Wildman–Crippen MR) is 108 cm³/mol. The summed E-state index contributed by atoms with van der Waals surface area (Å²) in [5.41, 5.74) is 2.50. The molecular formula is C19H23N7O2. The highest BCUT2D eigenvalue weighted by atomic mass is 16.5. The number of aryl methyl sites for hydroxylation is 2. The van der Waals surface area contributed by atoms with E-state index in [2.05, 4.69) is 31.0 Å². The summed E-state index contributed by atoms with van der Waals surface area (Å²) in [7, 11) is 3.32. The minimum absolute atomic E-state index is 0.294. The summed E-state index contributed by atoms with van der Waals surface area (Å²) in [4.78, 5) is 21.5. The van der Waals surface area contributed by atoms with E-state index in [1.54, 1.807) is 42.3 Å². The van der Waals surface area contributed by atoms with Crippen LogP contribution in [-0.2, 0) is 6.54 Å². The molecule has 3 aromatic rings. The summed E-state index contributed by atoms with van der Waals surface area (Å²) in [6.45, 7) is 4.59. The molecule has 0 radical (unpaired) electrons. The molecule has 0 atom stereocenters. The van der Waals surface area contributed by atoms with Crippen molar-refractivity contribution < 1.29 is 9.53 Å². The fourth-order valence-corrected chi connectivity index (χ4v) is 2.64. The molecule has 0 aliphatic heterocycles. The zero-order valence-corrected chi connectivity index (χ0v) is 16.3. The highest BCUT2D eigenvalue weighted by Crippen LogP contribution is 2.25. The van der Waals surface area contributed by atoms with Gasteiger partial charge in [-0.1, -0.05) is 0 Å². The Morgan fingerprint density at radius 3 is 2.71 bits per heavy atom. The third-order valence-electron chi connectivity index (χ3n) is 4.03. The van der Waals surface area contributed by atoms with Crippen LogP contribution in [0.25, 0.3) is 0 Å². The van der Waals surface area contributed by atoms with Crippen molar-refractivity contribution in [2.24, 2.45) is 0 Å². The van der Waals surface area contributed by atoms with Crippen molar-refractivity contribution in [3.05, 3.63) is 47.9 Å². The predicted octanol–water partition coefficient (Wildman–Crippen LogP) is 3.05. The Bertz CT molecular complexity index is 984. The molecule has 0 aliphatic rings. The smallest absolute Gasteiger partial charge is 0.259 e. The van der Waals surface area contributed by atoms with Crippen molar-refractivity contribution in [1.29, 1.82) is 0 Å². The lowest BCUT2D eigenvalue weighted by Gasteiger charge is -2.12. The number of methoxy groups -OCH3 is 1. The van der Waals surface area contributed by atoms with Crippen LogP contribution in [0, 0.1) is 6.92 Å². The summed E-state index contributed by atoms with van der Waals surface area (Å²) in [6, 6.07) is 7.06. The number of nitrogens with zero attached hydrogens (tertiary/aromatic N) is 4. The number of nitrogens with one attached hydrogen (secondary N) is 3. The van der Waals surface area contributed by atoms with Gasteiger partial charge in [-0.2, -0.15) is 10.1 Å². The molecule has 0 saturated heterocycles. The van der Waals surface area contributed by atoms with Crippen molar-refractivity contribution in [3.8, 4) is 5.75 Å². The van der Waals surface area contributed by atoms with Gasteiger partial charge in [-0.05, 0) is 32.0 Å². The summed E-state index contributed by atoms with van der Waals surface area (Å²) in [5, 5.41) is 13.1. The number of hydrogen-bond acceptors (Lipinski definition) is 7. The summed E-state index contributed by atoms with van der Waals surface area (Å²) < 4.78 is 7.08. The number of hydrogen-bond donors (Lipinski definition) is 3. The van der Waals surface area contributed by atoms with Gasteiger partial charge in [-0.3, -0.25) is 9.48 Å². The number of aromatic nitrogens is 4. The highest BCUT2D eigenvalue weighted by molar-refractivity contribution is 6.06. The second-order valence-electron chi connectivity index (χ2n) is 6.05. The minimum Gasteiger partial charge on any atom is -0.496 e. The van der Waals surface area contributed by atoms with Gasteiger partial charge >= 0.3 is 0 Å². The fraction of sp³-hybridized carbons (Fsp3) is 0.263. The van der Waals surface area contributed by atoms with Crippen molar-refractivity contribution in [2.75, 3.05) is 30.1 Å². The van der Waals surface area contributed by atoms with Gasteiger partial charge in [-0.25, -0.2) is 4.98 Å². The Morgan fingerprint density at radius 1 is 1.21 bits per heavy atom. The number of carbonyl (C=O) groups excluding carboxylic acids is 1. The van der Waals surface area contributed by atoms with E-state index in [9.17, 15) is 4.79 Å². The first-order chi connectivity index (χ1) is 13.5. The lowest BCUT2D eigenvalue weighted by Crippen LogP contribution is -2.13. The number of ether oxygens (including phenoxy) is 1. The fourth-order valence-electron chi connectivity index (χ4n) is 2.64. The highest BCUT2D eigenvalue weighted by Gasteiger charge is 2.15. The molecule has 0 bridgehead atoms. The van der Waals surface area contributed by atoms with Crippen LogP contribution < -0.4 is 20.7 Å². The summed E-state index contributed by atoms with van der Waals surface area (Å²) >= 11 is 0. The lowest BCUT2D eigenvalue weighted by atomic mass is 10.1. The second kappa shape index (κ2) is 8.38. The topological polar surface area (TPSA) is 106 Å². The molecule has 9 nitrogen and oxygen atoms in total. The van der Waals surface area contributed by atoms with Gasteiger partial charge in [0.05, 0.1) is 24.6 Å². The number of carbonyl (C=O) groups is 1. The Morgan fingerprint density at radius 2 is 2.04 bits per heavy atom. The van der Waals surface area contributed by atoms with Crippen LogP contribution in [0.1, 0.15) is 23.0 Å². The Kier molecular flexibility index (Phi) is 5.73. The molecule has 0 aliphatic carbocycles. The van der Waals surface area contributed by atoms with Gasteiger partial charge in [0.25, 0.3) is 5.91 Å². The molecule has 0 saturated carbocycles. The molecular weight excluding hydrogens is 358 g/mol. The minimum atomic E-state index is -0.294. The van der Waals surface area contributed by atoms with E-state index in [1.807, 2.05) is 19.9 Å². The van der Waals surface area contributed by atoms with Gasteiger partial charge in [-0.15, -0.1) is 0 Å². The van der Waals surface area contributed by atoms with Crippen LogP contribution >= 0.6 is 0 Å². The average molecular weight is 381 g/mol. The third kappa shape index (κ3) is 4.37. The van der Waals surface area contributed by atoms with E-state index in [-0.39, 0.29) is 5.91 Å². The van der Waals surface area contributed by atoms with Gasteiger partial charge in [0.1, 0.15) is 11.6 Å². The third-order valence-corrected chi connectivity index (χ3v) is 4.03. The Hall–Kier alpha value is -3.62. The molecule has 3 rings (SSSR count). The first-order valence-corrected chi connectivity index (χ1v) is 8.84. The van der Waals surface area contributed by atoms with Gasteiger partial charge < -0.3 is 20.7 Å². The number of amides is 1.